The van der Waals surface area contributed by atoms with E-state index in [2.05, 4.69) is 0 Å². The minimum Gasteiger partial charge on any atom is -0.496 e. The standard InChI is InChI=1S/C16H15Cl2NO2/c1-19(10-11-7-8-13(17)14(18)9-11)16(20)12-5-3-4-6-15(12)21-2/h3-9H,10H2,1-2H3. The van der Waals surface area contributed by atoms with Crippen LogP contribution in [0.1, 0.15) is 15.9 Å². The summed E-state index contributed by atoms with van der Waals surface area (Å²) in [7, 11) is 3.28. The molecule has 0 aliphatic rings. The summed E-state index contributed by atoms with van der Waals surface area (Å²) in [5.74, 6) is 0.446. The number of hydrogen-bond acceptors (Lipinski definition) is 2. The highest BCUT2D eigenvalue weighted by molar-refractivity contribution is 6.42. The zero-order valence-corrected chi connectivity index (χ0v) is 13.3. The van der Waals surface area contributed by atoms with Crippen LogP contribution in [0.3, 0.4) is 0 Å². The molecule has 21 heavy (non-hydrogen) atoms. The van der Waals surface area contributed by atoms with Gasteiger partial charge in [0.1, 0.15) is 5.75 Å². The first-order valence-corrected chi connectivity index (χ1v) is 7.11. The van der Waals surface area contributed by atoms with Crippen molar-refractivity contribution in [1.29, 1.82) is 0 Å². The van der Waals surface area contributed by atoms with Gasteiger partial charge in [-0.25, -0.2) is 0 Å². The van der Waals surface area contributed by atoms with Gasteiger partial charge in [0.15, 0.2) is 0 Å². The maximum Gasteiger partial charge on any atom is 0.257 e. The summed E-state index contributed by atoms with van der Waals surface area (Å²) in [5.41, 5.74) is 1.44. The number of hydrogen-bond donors (Lipinski definition) is 0. The SMILES string of the molecule is COc1ccccc1C(=O)N(C)Cc1ccc(Cl)c(Cl)c1. The Morgan fingerprint density at radius 3 is 2.52 bits per heavy atom. The maximum absolute atomic E-state index is 12.5. The van der Waals surface area contributed by atoms with Crippen LogP contribution in [0.25, 0.3) is 0 Å². The van der Waals surface area contributed by atoms with E-state index in [9.17, 15) is 4.79 Å². The van der Waals surface area contributed by atoms with Crippen molar-refractivity contribution < 1.29 is 9.53 Å². The molecule has 0 bridgehead atoms. The van der Waals surface area contributed by atoms with Crippen molar-refractivity contribution in [3.63, 3.8) is 0 Å². The van der Waals surface area contributed by atoms with E-state index in [4.69, 9.17) is 27.9 Å². The molecule has 0 N–H and O–H groups in total. The van der Waals surface area contributed by atoms with Crippen molar-refractivity contribution in [3.8, 4) is 5.75 Å². The second-order valence-electron chi connectivity index (χ2n) is 4.61. The Morgan fingerprint density at radius 1 is 1.14 bits per heavy atom. The van der Waals surface area contributed by atoms with Crippen LogP contribution in [-0.2, 0) is 6.54 Å². The minimum absolute atomic E-state index is 0.112. The second kappa shape index (κ2) is 6.83. The average molecular weight is 324 g/mol. The molecule has 110 valence electrons. The van der Waals surface area contributed by atoms with Gasteiger partial charge < -0.3 is 9.64 Å². The van der Waals surface area contributed by atoms with E-state index in [1.54, 1.807) is 43.3 Å². The van der Waals surface area contributed by atoms with Crippen LogP contribution in [0.5, 0.6) is 5.75 Å². The molecule has 0 radical (unpaired) electrons. The summed E-state index contributed by atoms with van der Waals surface area (Å²) in [4.78, 5) is 14.1. The summed E-state index contributed by atoms with van der Waals surface area (Å²) in [6, 6.07) is 12.5. The summed E-state index contributed by atoms with van der Waals surface area (Å²) in [6.45, 7) is 0.438. The number of halogens is 2. The van der Waals surface area contributed by atoms with E-state index in [1.807, 2.05) is 18.2 Å². The predicted octanol–water partition coefficient (Wildman–Crippen LogP) is 4.27. The first-order valence-electron chi connectivity index (χ1n) is 6.35. The number of nitrogens with zero attached hydrogens (tertiary/aromatic N) is 1. The van der Waals surface area contributed by atoms with Crippen LogP contribution in [0.2, 0.25) is 10.0 Å². The highest BCUT2D eigenvalue weighted by Crippen LogP contribution is 2.24. The number of methoxy groups -OCH3 is 1. The van der Waals surface area contributed by atoms with Crippen molar-refractivity contribution in [2.45, 2.75) is 6.54 Å². The Kier molecular flexibility index (Phi) is 5.10. The topological polar surface area (TPSA) is 29.5 Å². The lowest BCUT2D eigenvalue weighted by atomic mass is 10.1. The fourth-order valence-electron chi connectivity index (χ4n) is 2.01. The van der Waals surface area contributed by atoms with Crippen LogP contribution in [-0.4, -0.2) is 25.0 Å². The van der Waals surface area contributed by atoms with Crippen molar-refractivity contribution in [1.82, 2.24) is 4.90 Å². The van der Waals surface area contributed by atoms with Gasteiger partial charge in [0.05, 0.1) is 22.7 Å². The zero-order chi connectivity index (χ0) is 15.4. The molecule has 3 nitrogen and oxygen atoms in total. The molecule has 1 amide bonds. The van der Waals surface area contributed by atoms with E-state index in [0.717, 1.165) is 5.56 Å². The Hall–Kier alpha value is -1.71. The lowest BCUT2D eigenvalue weighted by molar-refractivity contribution is 0.0781. The Labute approximate surface area is 134 Å². The molecule has 0 aliphatic heterocycles. The molecule has 2 rings (SSSR count). The van der Waals surface area contributed by atoms with Crippen LogP contribution in [0, 0.1) is 0 Å². The molecule has 0 unspecified atom stereocenters. The highest BCUT2D eigenvalue weighted by atomic mass is 35.5. The Bertz CT molecular complexity index is 658. The smallest absolute Gasteiger partial charge is 0.257 e. The van der Waals surface area contributed by atoms with Gasteiger partial charge in [-0.15, -0.1) is 0 Å². The molecular formula is C16H15Cl2NO2. The normalized spacial score (nSPS) is 10.3. The molecule has 0 spiro atoms. The van der Waals surface area contributed by atoms with Crippen LogP contribution >= 0.6 is 23.2 Å². The van der Waals surface area contributed by atoms with Gasteiger partial charge in [-0.3, -0.25) is 4.79 Å². The molecule has 5 heteroatoms. The number of ether oxygens (including phenoxy) is 1. The van der Waals surface area contributed by atoms with Gasteiger partial charge >= 0.3 is 0 Å². The number of carbonyl (C=O) groups is 1. The quantitative estimate of drug-likeness (QED) is 0.840. The number of amides is 1. The Morgan fingerprint density at radius 2 is 1.86 bits per heavy atom. The summed E-state index contributed by atoms with van der Waals surface area (Å²) in [5, 5.41) is 0.978. The summed E-state index contributed by atoms with van der Waals surface area (Å²) in [6.07, 6.45) is 0. The predicted molar refractivity (Wildman–Crippen MR) is 85.3 cm³/mol. The average Bonchev–Trinajstić information content (AvgIpc) is 2.50. The number of carbonyl (C=O) groups excluding carboxylic acids is 1. The third-order valence-corrected chi connectivity index (χ3v) is 3.83. The summed E-state index contributed by atoms with van der Waals surface area (Å²) >= 11 is 11.9. The van der Waals surface area contributed by atoms with Gasteiger partial charge in [-0.05, 0) is 29.8 Å². The van der Waals surface area contributed by atoms with E-state index in [0.29, 0.717) is 27.9 Å². The fraction of sp³-hybridized carbons (Fsp3) is 0.188. The molecule has 0 atom stereocenters. The van der Waals surface area contributed by atoms with Gasteiger partial charge in [-0.1, -0.05) is 41.4 Å². The third-order valence-electron chi connectivity index (χ3n) is 3.09. The van der Waals surface area contributed by atoms with Crippen LogP contribution in [0.15, 0.2) is 42.5 Å². The number of benzene rings is 2. The molecule has 2 aromatic rings. The molecule has 0 heterocycles. The van der Waals surface area contributed by atoms with E-state index in [-0.39, 0.29) is 5.91 Å². The van der Waals surface area contributed by atoms with Crippen molar-refractivity contribution >= 4 is 29.1 Å². The Balaban J connectivity index is 2.17. The van der Waals surface area contributed by atoms with Gasteiger partial charge in [0.2, 0.25) is 0 Å². The largest absolute Gasteiger partial charge is 0.496 e. The lowest BCUT2D eigenvalue weighted by Gasteiger charge is -2.19. The molecular weight excluding hydrogens is 309 g/mol. The first kappa shape index (κ1) is 15.7. The molecule has 0 saturated carbocycles. The molecule has 0 saturated heterocycles. The van der Waals surface area contributed by atoms with E-state index < -0.39 is 0 Å². The second-order valence-corrected chi connectivity index (χ2v) is 5.42. The van der Waals surface area contributed by atoms with Gasteiger partial charge in [0, 0.05) is 13.6 Å². The van der Waals surface area contributed by atoms with Crippen molar-refractivity contribution in [2.75, 3.05) is 14.2 Å². The van der Waals surface area contributed by atoms with Crippen molar-refractivity contribution in [2.24, 2.45) is 0 Å². The molecule has 0 fully saturated rings. The molecule has 2 aromatic carbocycles. The van der Waals surface area contributed by atoms with E-state index in [1.165, 1.54) is 0 Å². The lowest BCUT2D eigenvalue weighted by Crippen LogP contribution is -2.26. The number of para-hydroxylation sites is 1. The van der Waals surface area contributed by atoms with Gasteiger partial charge in [-0.2, -0.15) is 0 Å². The zero-order valence-electron chi connectivity index (χ0n) is 11.8. The van der Waals surface area contributed by atoms with Crippen LogP contribution < -0.4 is 4.74 Å². The highest BCUT2D eigenvalue weighted by Gasteiger charge is 2.16. The van der Waals surface area contributed by atoms with Crippen LogP contribution in [0.4, 0.5) is 0 Å². The maximum atomic E-state index is 12.5. The fourth-order valence-corrected chi connectivity index (χ4v) is 2.33. The number of rotatable bonds is 4. The first-order chi connectivity index (χ1) is 10.0. The van der Waals surface area contributed by atoms with Crippen molar-refractivity contribution in [3.05, 3.63) is 63.6 Å². The molecule has 0 aromatic heterocycles. The monoisotopic (exact) mass is 323 g/mol. The summed E-state index contributed by atoms with van der Waals surface area (Å²) < 4.78 is 5.22. The third kappa shape index (κ3) is 3.69. The molecule has 0 aliphatic carbocycles. The van der Waals surface area contributed by atoms with Gasteiger partial charge in [0.25, 0.3) is 5.91 Å². The minimum atomic E-state index is -0.112. The van der Waals surface area contributed by atoms with E-state index >= 15 is 0 Å².